The lowest BCUT2D eigenvalue weighted by molar-refractivity contribution is 0.496. The van der Waals surface area contributed by atoms with E-state index in [1.807, 2.05) is 32.0 Å². The number of pyridine rings is 1. The average molecular weight is 174 g/mol. The SMILES string of the molecule is CCC(C#N)(CC)c1ccccn1. The van der Waals surface area contributed by atoms with Crippen LogP contribution >= 0.6 is 0 Å². The van der Waals surface area contributed by atoms with Gasteiger partial charge in [0.25, 0.3) is 0 Å². The Morgan fingerprint density at radius 2 is 2.08 bits per heavy atom. The number of rotatable bonds is 3. The van der Waals surface area contributed by atoms with Crippen LogP contribution in [0.3, 0.4) is 0 Å². The first-order valence-electron chi connectivity index (χ1n) is 4.62. The highest BCUT2D eigenvalue weighted by Crippen LogP contribution is 2.28. The summed E-state index contributed by atoms with van der Waals surface area (Å²) in [5, 5.41) is 9.14. The van der Waals surface area contributed by atoms with Crippen molar-refractivity contribution in [2.24, 2.45) is 0 Å². The van der Waals surface area contributed by atoms with Crippen molar-refractivity contribution in [3.8, 4) is 6.07 Å². The smallest absolute Gasteiger partial charge is 0.0987 e. The quantitative estimate of drug-likeness (QED) is 0.706. The topological polar surface area (TPSA) is 36.7 Å². The Hall–Kier alpha value is -1.36. The van der Waals surface area contributed by atoms with Gasteiger partial charge in [-0.05, 0) is 25.0 Å². The van der Waals surface area contributed by atoms with Gasteiger partial charge >= 0.3 is 0 Å². The number of hydrogen-bond donors (Lipinski definition) is 0. The lowest BCUT2D eigenvalue weighted by Gasteiger charge is -2.22. The van der Waals surface area contributed by atoms with E-state index in [0.717, 1.165) is 18.5 Å². The van der Waals surface area contributed by atoms with Crippen molar-refractivity contribution in [1.82, 2.24) is 4.98 Å². The first-order valence-corrected chi connectivity index (χ1v) is 4.62. The molecule has 0 spiro atoms. The zero-order chi connectivity index (χ0) is 9.73. The Morgan fingerprint density at radius 3 is 2.46 bits per heavy atom. The molecular weight excluding hydrogens is 160 g/mol. The molecule has 1 aromatic rings. The van der Waals surface area contributed by atoms with Crippen molar-refractivity contribution < 1.29 is 0 Å². The van der Waals surface area contributed by atoms with Crippen LogP contribution in [0.5, 0.6) is 0 Å². The van der Waals surface area contributed by atoms with E-state index < -0.39 is 0 Å². The van der Waals surface area contributed by atoms with Gasteiger partial charge in [0.15, 0.2) is 0 Å². The maximum Gasteiger partial charge on any atom is 0.0987 e. The highest BCUT2D eigenvalue weighted by molar-refractivity contribution is 5.25. The van der Waals surface area contributed by atoms with Crippen molar-refractivity contribution in [3.05, 3.63) is 30.1 Å². The van der Waals surface area contributed by atoms with Gasteiger partial charge in [0.2, 0.25) is 0 Å². The maximum atomic E-state index is 9.14. The standard InChI is InChI=1S/C11H14N2/c1-3-11(4-2,9-12)10-7-5-6-8-13-10/h5-8H,3-4H2,1-2H3. The Morgan fingerprint density at radius 1 is 1.38 bits per heavy atom. The second-order valence-electron chi connectivity index (χ2n) is 3.12. The molecule has 0 aliphatic heterocycles. The molecule has 1 aromatic heterocycles. The highest BCUT2D eigenvalue weighted by atomic mass is 14.7. The summed E-state index contributed by atoms with van der Waals surface area (Å²) in [4.78, 5) is 4.24. The third-order valence-electron chi connectivity index (χ3n) is 2.58. The molecule has 1 heterocycles. The van der Waals surface area contributed by atoms with E-state index >= 15 is 0 Å². The highest BCUT2D eigenvalue weighted by Gasteiger charge is 2.29. The molecule has 2 heteroatoms. The van der Waals surface area contributed by atoms with Gasteiger partial charge in [-0.15, -0.1) is 0 Å². The summed E-state index contributed by atoms with van der Waals surface area (Å²) in [6.45, 7) is 4.06. The molecule has 0 radical (unpaired) electrons. The molecule has 2 nitrogen and oxygen atoms in total. The van der Waals surface area contributed by atoms with Gasteiger partial charge in [-0.25, -0.2) is 0 Å². The molecule has 0 bridgehead atoms. The first-order chi connectivity index (χ1) is 6.29. The normalized spacial score (nSPS) is 10.8. The Balaban J connectivity index is 3.10. The summed E-state index contributed by atoms with van der Waals surface area (Å²) in [5.74, 6) is 0. The summed E-state index contributed by atoms with van der Waals surface area (Å²) in [6.07, 6.45) is 3.38. The Bertz CT molecular complexity index is 294. The third kappa shape index (κ3) is 1.70. The molecule has 0 amide bonds. The molecule has 0 aliphatic rings. The van der Waals surface area contributed by atoms with Crippen LogP contribution in [0.4, 0.5) is 0 Å². The maximum absolute atomic E-state index is 9.14. The minimum absolute atomic E-state index is 0.388. The van der Waals surface area contributed by atoms with Crippen molar-refractivity contribution in [1.29, 1.82) is 5.26 Å². The van der Waals surface area contributed by atoms with Crippen LogP contribution in [-0.2, 0) is 5.41 Å². The predicted molar refractivity (Wildman–Crippen MR) is 52.1 cm³/mol. The van der Waals surface area contributed by atoms with Gasteiger partial charge < -0.3 is 0 Å². The molecule has 0 saturated heterocycles. The molecule has 0 unspecified atom stereocenters. The predicted octanol–water partition coefficient (Wildman–Crippen LogP) is 2.66. The molecule has 0 saturated carbocycles. The number of nitriles is 1. The van der Waals surface area contributed by atoms with Crippen molar-refractivity contribution in [2.45, 2.75) is 32.1 Å². The minimum Gasteiger partial charge on any atom is -0.260 e. The summed E-state index contributed by atoms with van der Waals surface area (Å²) >= 11 is 0. The monoisotopic (exact) mass is 174 g/mol. The Kier molecular flexibility index (Phi) is 3.02. The summed E-state index contributed by atoms with van der Waals surface area (Å²) < 4.78 is 0. The summed E-state index contributed by atoms with van der Waals surface area (Å²) in [6, 6.07) is 8.10. The molecule has 0 aliphatic carbocycles. The molecule has 0 N–H and O–H groups in total. The molecule has 0 fully saturated rings. The van der Waals surface area contributed by atoms with Crippen molar-refractivity contribution in [3.63, 3.8) is 0 Å². The molecule has 0 atom stereocenters. The van der Waals surface area contributed by atoms with Crippen LogP contribution in [0, 0.1) is 11.3 Å². The van der Waals surface area contributed by atoms with E-state index in [2.05, 4.69) is 11.1 Å². The zero-order valence-corrected chi connectivity index (χ0v) is 8.12. The van der Waals surface area contributed by atoms with E-state index in [9.17, 15) is 0 Å². The lowest BCUT2D eigenvalue weighted by Crippen LogP contribution is -2.23. The largest absolute Gasteiger partial charge is 0.260 e. The fourth-order valence-corrected chi connectivity index (χ4v) is 1.47. The summed E-state index contributed by atoms with van der Waals surface area (Å²) in [5.41, 5.74) is 0.504. The second kappa shape index (κ2) is 4.04. The van der Waals surface area contributed by atoms with Gasteiger partial charge in [0.05, 0.1) is 17.2 Å². The van der Waals surface area contributed by atoms with Crippen molar-refractivity contribution in [2.75, 3.05) is 0 Å². The zero-order valence-electron chi connectivity index (χ0n) is 8.12. The molecular formula is C11H14N2. The fourth-order valence-electron chi connectivity index (χ4n) is 1.47. The average Bonchev–Trinajstić information content (AvgIpc) is 2.23. The third-order valence-corrected chi connectivity index (χ3v) is 2.58. The minimum atomic E-state index is -0.388. The van der Waals surface area contributed by atoms with E-state index in [1.54, 1.807) is 6.20 Å². The number of hydrogen-bond acceptors (Lipinski definition) is 2. The van der Waals surface area contributed by atoms with Crippen LogP contribution in [0.15, 0.2) is 24.4 Å². The number of aromatic nitrogens is 1. The molecule has 13 heavy (non-hydrogen) atoms. The second-order valence-corrected chi connectivity index (χ2v) is 3.12. The van der Waals surface area contributed by atoms with Gasteiger partial charge in [0.1, 0.15) is 0 Å². The molecule has 68 valence electrons. The van der Waals surface area contributed by atoms with E-state index in [-0.39, 0.29) is 5.41 Å². The van der Waals surface area contributed by atoms with Crippen LogP contribution in [0.1, 0.15) is 32.4 Å². The fraction of sp³-hybridized carbons (Fsp3) is 0.455. The van der Waals surface area contributed by atoms with E-state index in [0.29, 0.717) is 0 Å². The Labute approximate surface area is 79.2 Å². The van der Waals surface area contributed by atoms with Crippen LogP contribution in [0.25, 0.3) is 0 Å². The van der Waals surface area contributed by atoms with E-state index in [1.165, 1.54) is 0 Å². The van der Waals surface area contributed by atoms with Gasteiger partial charge in [-0.2, -0.15) is 5.26 Å². The van der Waals surface area contributed by atoms with Gasteiger partial charge in [-0.1, -0.05) is 19.9 Å². The van der Waals surface area contributed by atoms with Crippen LogP contribution in [0.2, 0.25) is 0 Å². The van der Waals surface area contributed by atoms with Crippen LogP contribution in [-0.4, -0.2) is 4.98 Å². The molecule has 0 aromatic carbocycles. The summed E-state index contributed by atoms with van der Waals surface area (Å²) in [7, 11) is 0. The van der Waals surface area contributed by atoms with Gasteiger partial charge in [0, 0.05) is 6.20 Å². The molecule has 1 rings (SSSR count). The van der Waals surface area contributed by atoms with Gasteiger partial charge in [-0.3, -0.25) is 4.98 Å². The number of nitrogens with zero attached hydrogens (tertiary/aromatic N) is 2. The van der Waals surface area contributed by atoms with Crippen LogP contribution < -0.4 is 0 Å². The lowest BCUT2D eigenvalue weighted by atomic mass is 9.80. The van der Waals surface area contributed by atoms with E-state index in [4.69, 9.17) is 5.26 Å². The first kappa shape index (κ1) is 9.73. The van der Waals surface area contributed by atoms with Crippen molar-refractivity contribution >= 4 is 0 Å².